The first-order valence-corrected chi connectivity index (χ1v) is 15.7. The second-order valence-corrected chi connectivity index (χ2v) is 12.4. The number of benzene rings is 1. The molecule has 4 amide bonds. The first-order valence-electron chi connectivity index (χ1n) is 13.8. The minimum atomic E-state index is -3.67. The zero-order chi connectivity index (χ0) is 35.0. The monoisotopic (exact) mass is 670 g/mol. The number of alkyl carbamates (subject to hydrolysis) is 1. The lowest BCUT2D eigenvalue weighted by atomic mass is 10.0. The van der Waals surface area contributed by atoms with Crippen LogP contribution in [0, 0.1) is 5.92 Å². The van der Waals surface area contributed by atoms with Crippen LogP contribution in [0.3, 0.4) is 0 Å². The van der Waals surface area contributed by atoms with Gasteiger partial charge in [-0.2, -0.15) is 0 Å². The van der Waals surface area contributed by atoms with Gasteiger partial charge in [0.05, 0.1) is 18.9 Å². The maximum Gasteiger partial charge on any atom is 0.408 e. The Morgan fingerprint density at radius 1 is 0.783 bits per heavy atom. The zero-order valence-corrected chi connectivity index (χ0v) is 26.1. The molecule has 1 unspecified atom stereocenters. The van der Waals surface area contributed by atoms with Crippen molar-refractivity contribution in [3.05, 3.63) is 47.4 Å². The maximum atomic E-state index is 13.2. The number of carbonyl (C=O) groups excluding carboxylic acids is 4. The Hall–Kier alpha value is -5.00. The summed E-state index contributed by atoms with van der Waals surface area (Å²) in [6, 6.07) is 2.40. The summed E-state index contributed by atoms with van der Waals surface area (Å²) in [7, 11) is -3.67. The first kappa shape index (κ1) is 39.0. The van der Waals surface area contributed by atoms with E-state index in [-0.39, 0.29) is 6.61 Å². The van der Waals surface area contributed by atoms with Crippen LogP contribution in [-0.4, -0.2) is 95.9 Å². The number of carboxylic acids is 3. The molecule has 18 heteroatoms. The van der Waals surface area contributed by atoms with Crippen LogP contribution in [0.2, 0.25) is 0 Å². The van der Waals surface area contributed by atoms with Gasteiger partial charge in [0, 0.05) is 18.1 Å². The van der Waals surface area contributed by atoms with Gasteiger partial charge in [-0.15, -0.1) is 0 Å². The van der Waals surface area contributed by atoms with E-state index in [2.05, 4.69) is 21.3 Å². The fourth-order valence-electron chi connectivity index (χ4n) is 3.75. The third-order valence-corrected chi connectivity index (χ3v) is 6.66. The lowest BCUT2D eigenvalue weighted by molar-refractivity contribution is -0.141. The average molecular weight is 671 g/mol. The molecule has 0 heterocycles. The molecule has 0 saturated heterocycles. The molecule has 0 spiro atoms. The summed E-state index contributed by atoms with van der Waals surface area (Å²) in [6.07, 6.45) is -2.09. The summed E-state index contributed by atoms with van der Waals surface area (Å²) in [4.78, 5) is 85.6. The van der Waals surface area contributed by atoms with Crippen molar-refractivity contribution in [3.63, 3.8) is 0 Å². The molecule has 0 aliphatic rings. The molecule has 0 aromatic heterocycles. The van der Waals surface area contributed by atoms with Gasteiger partial charge in [0.25, 0.3) is 0 Å². The van der Waals surface area contributed by atoms with Gasteiger partial charge in [-0.3, -0.25) is 28.8 Å². The highest BCUT2D eigenvalue weighted by Crippen LogP contribution is 2.08. The molecular formula is C28H38N4O13S. The van der Waals surface area contributed by atoms with Crippen molar-refractivity contribution in [2.45, 2.75) is 70.3 Å². The number of hydrogen-bond acceptors (Lipinski definition) is 10. The summed E-state index contributed by atoms with van der Waals surface area (Å²) in [5.41, 5.74) is 0.603. The van der Waals surface area contributed by atoms with Gasteiger partial charge in [0.1, 0.15) is 24.7 Å². The molecule has 0 bridgehead atoms. The molecule has 1 aromatic rings. The highest BCUT2D eigenvalue weighted by Gasteiger charge is 2.33. The van der Waals surface area contributed by atoms with Gasteiger partial charge in [0.15, 0.2) is 9.84 Å². The van der Waals surface area contributed by atoms with Gasteiger partial charge in [0.2, 0.25) is 17.7 Å². The molecule has 7 N–H and O–H groups in total. The number of ether oxygens (including phenoxy) is 1. The molecule has 0 aliphatic carbocycles. The Morgan fingerprint density at radius 3 is 1.89 bits per heavy atom. The Labute approximate surface area is 264 Å². The SMILES string of the molecule is CC(C)[C@H](NC(=O)[C@H](CCC(=O)O)NC(=O)[C@H](CC(=O)O)NC(=O)OCc1ccccc1)C(=O)NC(/C=C/S(C)(=O)=O)CC(=O)O. The van der Waals surface area contributed by atoms with Crippen molar-refractivity contribution in [3.8, 4) is 0 Å². The van der Waals surface area contributed by atoms with E-state index in [0.29, 0.717) is 11.0 Å². The van der Waals surface area contributed by atoms with Crippen molar-refractivity contribution in [1.82, 2.24) is 21.3 Å². The van der Waals surface area contributed by atoms with Gasteiger partial charge in [-0.1, -0.05) is 50.3 Å². The van der Waals surface area contributed by atoms with Crippen LogP contribution in [0.1, 0.15) is 45.1 Å². The van der Waals surface area contributed by atoms with E-state index >= 15 is 0 Å². The number of nitrogens with one attached hydrogen (secondary N) is 4. The Bertz CT molecular complexity index is 1400. The number of hydrogen-bond donors (Lipinski definition) is 7. The van der Waals surface area contributed by atoms with Crippen LogP contribution in [0.5, 0.6) is 0 Å². The lowest BCUT2D eigenvalue weighted by Gasteiger charge is -2.27. The smallest absolute Gasteiger partial charge is 0.408 e. The van der Waals surface area contributed by atoms with E-state index < -0.39 is 107 Å². The topological polar surface area (TPSA) is 272 Å². The van der Waals surface area contributed by atoms with Gasteiger partial charge in [-0.05, 0) is 17.9 Å². The number of carbonyl (C=O) groups is 7. The maximum absolute atomic E-state index is 13.2. The summed E-state index contributed by atoms with van der Waals surface area (Å²) in [5.74, 6) is -7.98. The predicted molar refractivity (Wildman–Crippen MR) is 160 cm³/mol. The van der Waals surface area contributed by atoms with Crippen LogP contribution in [-0.2, 0) is 49.9 Å². The molecule has 1 rings (SSSR count). The van der Waals surface area contributed by atoms with Gasteiger partial charge >= 0.3 is 24.0 Å². The fourth-order valence-corrected chi connectivity index (χ4v) is 4.23. The van der Waals surface area contributed by atoms with Crippen molar-refractivity contribution in [1.29, 1.82) is 0 Å². The van der Waals surface area contributed by atoms with Crippen molar-refractivity contribution in [2.24, 2.45) is 5.92 Å². The quantitative estimate of drug-likeness (QED) is 0.100. The third kappa shape index (κ3) is 16.2. The van der Waals surface area contributed by atoms with E-state index in [1.165, 1.54) is 13.8 Å². The van der Waals surface area contributed by atoms with Crippen LogP contribution >= 0.6 is 0 Å². The second kappa shape index (κ2) is 18.7. The average Bonchev–Trinajstić information content (AvgIpc) is 2.94. The number of amides is 4. The number of carboxylic acid groups (broad SMARTS) is 3. The number of rotatable bonds is 19. The Kier molecular flexibility index (Phi) is 15.9. The zero-order valence-electron chi connectivity index (χ0n) is 25.3. The lowest BCUT2D eigenvalue weighted by Crippen LogP contribution is -2.58. The summed E-state index contributed by atoms with van der Waals surface area (Å²) in [5, 5.41) is 37.3. The van der Waals surface area contributed by atoms with Gasteiger partial charge in [-0.25, -0.2) is 13.2 Å². The Morgan fingerprint density at radius 2 is 1.37 bits per heavy atom. The molecule has 254 valence electrons. The molecule has 4 atom stereocenters. The summed E-state index contributed by atoms with van der Waals surface area (Å²) >= 11 is 0. The molecule has 46 heavy (non-hydrogen) atoms. The van der Waals surface area contributed by atoms with Crippen molar-refractivity contribution in [2.75, 3.05) is 6.26 Å². The van der Waals surface area contributed by atoms with E-state index in [4.69, 9.17) is 14.9 Å². The molecule has 0 fully saturated rings. The largest absolute Gasteiger partial charge is 0.481 e. The highest BCUT2D eigenvalue weighted by molar-refractivity contribution is 7.93. The molecule has 0 aliphatic heterocycles. The third-order valence-electron chi connectivity index (χ3n) is 6.01. The van der Waals surface area contributed by atoms with Crippen molar-refractivity contribution >= 4 is 51.6 Å². The standard InChI is InChI=1S/C28H38N4O13S/c1-16(2)24(27(41)29-18(13-22(35)36)11-12-46(3,43)44)32-25(39)19(9-10-21(33)34)30-26(40)20(14-23(37)38)31-28(42)45-15-17-7-5-4-6-8-17/h4-8,11-12,16,18-20,24H,9-10,13-15H2,1-3H3,(H,29,41)(H,30,40)(H,31,42)(H,32,39)(H,33,34)(H,35,36)(H,37,38)/b12-11+/t18?,19-,20-,24-/m0/s1. The highest BCUT2D eigenvalue weighted by atomic mass is 32.2. The van der Waals surface area contributed by atoms with E-state index in [0.717, 1.165) is 12.3 Å². The van der Waals surface area contributed by atoms with Crippen LogP contribution in [0.25, 0.3) is 0 Å². The molecule has 17 nitrogen and oxygen atoms in total. The minimum absolute atomic E-state index is 0.201. The molecule has 1 aromatic carbocycles. The predicted octanol–water partition coefficient (Wildman–Crippen LogP) is -0.236. The summed E-state index contributed by atoms with van der Waals surface area (Å²) < 4.78 is 28.0. The normalized spacial score (nSPS) is 13.9. The first-order chi connectivity index (χ1) is 21.4. The van der Waals surface area contributed by atoms with E-state index in [9.17, 15) is 47.1 Å². The second-order valence-electron chi connectivity index (χ2n) is 10.5. The van der Waals surface area contributed by atoms with Crippen LogP contribution in [0.15, 0.2) is 41.8 Å². The van der Waals surface area contributed by atoms with E-state index in [1.807, 2.05) is 0 Å². The molecular weight excluding hydrogens is 632 g/mol. The fraction of sp³-hybridized carbons (Fsp3) is 0.464. The Balaban J connectivity index is 3.12. The van der Waals surface area contributed by atoms with Crippen LogP contribution in [0.4, 0.5) is 4.79 Å². The van der Waals surface area contributed by atoms with E-state index in [1.54, 1.807) is 30.3 Å². The molecule has 0 radical (unpaired) electrons. The van der Waals surface area contributed by atoms with Gasteiger partial charge < -0.3 is 41.3 Å². The van der Waals surface area contributed by atoms with Crippen molar-refractivity contribution < 1.29 is 62.0 Å². The number of sulfone groups is 1. The molecule has 0 saturated carbocycles. The number of aliphatic carboxylic acids is 3. The minimum Gasteiger partial charge on any atom is -0.481 e. The summed E-state index contributed by atoms with van der Waals surface area (Å²) in [6.45, 7) is 2.83. The van der Waals surface area contributed by atoms with Crippen LogP contribution < -0.4 is 21.3 Å².